The zero-order valence-electron chi connectivity index (χ0n) is 19.2. The molecule has 0 amide bonds. The van der Waals surface area contributed by atoms with Gasteiger partial charge >= 0.3 is 12.3 Å². The lowest BCUT2D eigenvalue weighted by atomic mass is 10.1. The third kappa shape index (κ3) is 6.39. The van der Waals surface area contributed by atoms with Gasteiger partial charge in [-0.2, -0.15) is 22.8 Å². The number of hydrogen-bond donors (Lipinski definition) is 0. The van der Waals surface area contributed by atoms with E-state index in [0.29, 0.717) is 33.4 Å². The Morgan fingerprint density at radius 3 is 2.31 bits per heavy atom. The van der Waals surface area contributed by atoms with Crippen LogP contribution in [0.1, 0.15) is 19.4 Å². The van der Waals surface area contributed by atoms with E-state index in [-0.39, 0.29) is 17.2 Å². The van der Waals surface area contributed by atoms with E-state index in [9.17, 15) is 17.6 Å². The quantitative estimate of drug-likeness (QED) is 0.200. The molecule has 0 aliphatic carbocycles. The van der Waals surface area contributed by atoms with E-state index in [2.05, 4.69) is 10.1 Å². The standard InChI is InChI=1S/C23H19F4N3OS2.CO2/c1-13(2)32-21-19(14-7-9-16(10-8-14)23(25,26)27)28-22(33-21)30-12-18(20(29-30)31-3)15-5-4-6-17(24)11-15;2-1-3/h4-13H,1-3H3;. The molecule has 0 fully saturated rings. The van der Waals surface area contributed by atoms with Crippen LogP contribution in [0.2, 0.25) is 0 Å². The molecule has 12 heteroatoms. The predicted octanol–water partition coefficient (Wildman–Crippen LogP) is 6.75. The minimum atomic E-state index is -4.40. The van der Waals surface area contributed by atoms with Gasteiger partial charge in [0.2, 0.25) is 11.0 Å². The number of halogens is 4. The van der Waals surface area contributed by atoms with E-state index in [1.165, 1.54) is 42.7 Å². The maximum Gasteiger partial charge on any atom is 0.416 e. The Hall–Kier alpha value is -3.47. The molecular weight excluding hydrogens is 518 g/mol. The van der Waals surface area contributed by atoms with E-state index in [1.807, 2.05) is 13.8 Å². The molecule has 2 aromatic carbocycles. The topological polar surface area (TPSA) is 74.1 Å². The fourth-order valence-corrected chi connectivity index (χ4v) is 5.59. The Morgan fingerprint density at radius 2 is 1.75 bits per heavy atom. The van der Waals surface area contributed by atoms with Gasteiger partial charge in [-0.1, -0.05) is 49.4 Å². The fraction of sp³-hybridized carbons (Fsp3) is 0.208. The zero-order chi connectivity index (χ0) is 26.5. The van der Waals surface area contributed by atoms with Crippen molar-refractivity contribution in [2.75, 3.05) is 7.11 Å². The third-order valence-corrected chi connectivity index (χ3v) is 6.88. The monoisotopic (exact) mass is 537 g/mol. The summed E-state index contributed by atoms with van der Waals surface area (Å²) in [5.41, 5.74) is 1.66. The second-order valence-corrected chi connectivity index (χ2v) is 10.3. The van der Waals surface area contributed by atoms with Crippen LogP contribution >= 0.6 is 23.1 Å². The summed E-state index contributed by atoms with van der Waals surface area (Å²) >= 11 is 2.95. The molecule has 4 rings (SSSR count). The summed E-state index contributed by atoms with van der Waals surface area (Å²) in [4.78, 5) is 20.9. The van der Waals surface area contributed by atoms with Gasteiger partial charge in [0.15, 0.2) is 0 Å². The van der Waals surface area contributed by atoms with Crippen LogP contribution in [0.5, 0.6) is 5.88 Å². The minimum absolute atomic E-state index is 0.238. The van der Waals surface area contributed by atoms with Crippen LogP contribution in [0.3, 0.4) is 0 Å². The number of carbonyl (C=O) groups excluding carboxylic acids is 2. The highest BCUT2D eigenvalue weighted by molar-refractivity contribution is 8.01. The van der Waals surface area contributed by atoms with E-state index in [4.69, 9.17) is 14.3 Å². The third-order valence-electron chi connectivity index (χ3n) is 4.62. The molecule has 0 spiro atoms. The van der Waals surface area contributed by atoms with Crippen LogP contribution in [0.25, 0.3) is 27.5 Å². The molecule has 0 unspecified atom stereocenters. The number of thioether (sulfide) groups is 1. The number of alkyl halides is 3. The van der Waals surface area contributed by atoms with Gasteiger partial charge < -0.3 is 4.74 Å². The number of ether oxygens (including phenoxy) is 1. The summed E-state index contributed by atoms with van der Waals surface area (Å²) in [6, 6.07) is 11.1. The Balaban J connectivity index is 0.00000115. The lowest BCUT2D eigenvalue weighted by Gasteiger charge is -2.08. The first-order valence-electron chi connectivity index (χ1n) is 10.3. The molecule has 2 aromatic heterocycles. The van der Waals surface area contributed by atoms with Crippen molar-refractivity contribution < 1.29 is 31.9 Å². The smallest absolute Gasteiger partial charge is 0.416 e. The molecule has 0 N–H and O–H groups in total. The van der Waals surface area contributed by atoms with Gasteiger partial charge in [0.05, 0.1) is 28.1 Å². The van der Waals surface area contributed by atoms with E-state index < -0.39 is 11.7 Å². The Kier molecular flexibility index (Phi) is 8.67. The first-order valence-corrected chi connectivity index (χ1v) is 12.0. The van der Waals surface area contributed by atoms with Crippen molar-refractivity contribution >= 4 is 29.3 Å². The summed E-state index contributed by atoms with van der Waals surface area (Å²) < 4.78 is 60.4. The van der Waals surface area contributed by atoms with Gasteiger partial charge in [-0.3, -0.25) is 0 Å². The number of hydrogen-bond acceptors (Lipinski definition) is 7. The predicted molar refractivity (Wildman–Crippen MR) is 128 cm³/mol. The van der Waals surface area contributed by atoms with Crippen LogP contribution in [0, 0.1) is 5.82 Å². The molecule has 4 aromatic rings. The maximum absolute atomic E-state index is 13.7. The lowest BCUT2D eigenvalue weighted by molar-refractivity contribution is -0.191. The number of methoxy groups -OCH3 is 1. The highest BCUT2D eigenvalue weighted by atomic mass is 32.2. The molecule has 0 saturated carbocycles. The maximum atomic E-state index is 13.7. The normalized spacial score (nSPS) is 11.1. The van der Waals surface area contributed by atoms with E-state index >= 15 is 0 Å². The number of rotatable bonds is 6. The number of thiazole rings is 1. The van der Waals surface area contributed by atoms with Crippen molar-refractivity contribution in [3.05, 3.63) is 66.1 Å². The molecule has 2 heterocycles. The summed E-state index contributed by atoms with van der Waals surface area (Å²) in [6.45, 7) is 4.05. The van der Waals surface area contributed by atoms with Gasteiger partial charge in [-0.25, -0.2) is 14.1 Å². The van der Waals surface area contributed by atoms with Crippen LogP contribution in [-0.4, -0.2) is 33.3 Å². The summed E-state index contributed by atoms with van der Waals surface area (Å²) in [7, 11) is 1.48. The van der Waals surface area contributed by atoms with Crippen molar-refractivity contribution in [2.45, 2.75) is 29.5 Å². The largest absolute Gasteiger partial charge is 0.479 e. The molecule has 6 nitrogen and oxygen atoms in total. The number of aromatic nitrogens is 3. The first kappa shape index (κ1) is 27.1. The van der Waals surface area contributed by atoms with Crippen LogP contribution in [0.4, 0.5) is 17.6 Å². The van der Waals surface area contributed by atoms with Gasteiger partial charge in [0.1, 0.15) is 5.82 Å². The van der Waals surface area contributed by atoms with Crippen molar-refractivity contribution in [3.63, 3.8) is 0 Å². The highest BCUT2D eigenvalue weighted by Crippen LogP contribution is 2.41. The van der Waals surface area contributed by atoms with E-state index in [0.717, 1.165) is 16.3 Å². The molecule has 36 heavy (non-hydrogen) atoms. The number of nitrogens with zero attached hydrogens (tertiary/aromatic N) is 3. The van der Waals surface area contributed by atoms with Gasteiger partial charge in [-0.05, 0) is 29.8 Å². The van der Waals surface area contributed by atoms with Crippen LogP contribution in [-0.2, 0) is 15.8 Å². The molecule has 0 radical (unpaired) electrons. The van der Waals surface area contributed by atoms with Crippen molar-refractivity contribution in [3.8, 4) is 33.4 Å². The second-order valence-electron chi connectivity index (χ2n) is 7.46. The van der Waals surface area contributed by atoms with Crippen LogP contribution in [0.15, 0.2) is 58.9 Å². The summed E-state index contributed by atoms with van der Waals surface area (Å²) in [5, 5.41) is 5.20. The molecule has 0 bridgehead atoms. The Morgan fingerprint density at radius 1 is 1.08 bits per heavy atom. The van der Waals surface area contributed by atoms with Crippen LogP contribution < -0.4 is 4.74 Å². The average Bonchev–Trinajstić information content (AvgIpc) is 3.43. The average molecular weight is 538 g/mol. The highest BCUT2D eigenvalue weighted by Gasteiger charge is 2.30. The number of benzene rings is 2. The van der Waals surface area contributed by atoms with Gasteiger partial charge in [-0.15, -0.1) is 16.9 Å². The van der Waals surface area contributed by atoms with Crippen molar-refractivity contribution in [2.24, 2.45) is 0 Å². The van der Waals surface area contributed by atoms with Crippen molar-refractivity contribution in [1.82, 2.24) is 14.8 Å². The Bertz CT molecular complexity index is 1360. The van der Waals surface area contributed by atoms with Gasteiger partial charge in [0.25, 0.3) is 0 Å². The molecule has 0 aliphatic rings. The summed E-state index contributed by atoms with van der Waals surface area (Å²) in [5.74, 6) is -0.0679. The SMILES string of the molecule is COc1nn(-c2nc(-c3ccc(C(F)(F)F)cc3)c(SC(C)C)s2)cc1-c1cccc(F)c1.O=C=O. The molecule has 0 aliphatic heterocycles. The first-order chi connectivity index (χ1) is 17.1. The molecule has 0 saturated heterocycles. The summed E-state index contributed by atoms with van der Waals surface area (Å²) in [6.07, 6.45) is -2.45. The lowest BCUT2D eigenvalue weighted by Crippen LogP contribution is -2.04. The molecule has 0 atom stereocenters. The zero-order valence-corrected chi connectivity index (χ0v) is 20.8. The van der Waals surface area contributed by atoms with E-state index in [1.54, 1.807) is 34.8 Å². The second kappa shape index (κ2) is 11.5. The minimum Gasteiger partial charge on any atom is -0.479 e. The molecular formula is C24H19F4N3O3S2. The van der Waals surface area contributed by atoms with Crippen molar-refractivity contribution in [1.29, 1.82) is 0 Å². The Labute approximate surface area is 211 Å². The molecule has 188 valence electrons. The fourth-order valence-electron chi connectivity index (χ4n) is 3.15. The van der Waals surface area contributed by atoms with Gasteiger partial charge in [0, 0.05) is 17.0 Å².